The molecule has 0 bridgehead atoms. The number of benzene rings is 1. The van der Waals surface area contributed by atoms with E-state index in [1.807, 2.05) is 13.0 Å². The number of hydrogen-bond donors (Lipinski definition) is 1. The summed E-state index contributed by atoms with van der Waals surface area (Å²) in [6.07, 6.45) is 4.42. The van der Waals surface area contributed by atoms with Gasteiger partial charge in [-0.3, -0.25) is 0 Å². The van der Waals surface area contributed by atoms with Crippen LogP contribution in [-0.4, -0.2) is 19.7 Å². The predicted octanol–water partition coefficient (Wildman–Crippen LogP) is 5.40. The van der Waals surface area contributed by atoms with Crippen LogP contribution in [0.25, 0.3) is 6.08 Å². The first-order chi connectivity index (χ1) is 9.62. The lowest BCUT2D eigenvalue weighted by atomic mass is 10.1. The van der Waals surface area contributed by atoms with Gasteiger partial charge in [0.25, 0.3) is 0 Å². The molecule has 1 rings (SSSR count). The van der Waals surface area contributed by atoms with Crippen LogP contribution in [0, 0.1) is 0 Å². The van der Waals surface area contributed by atoms with E-state index in [0.29, 0.717) is 6.61 Å². The minimum absolute atomic E-state index is 0.663. The molecule has 0 aliphatic rings. The van der Waals surface area contributed by atoms with Gasteiger partial charge in [0.15, 0.2) is 0 Å². The predicted molar refractivity (Wildman–Crippen MR) is 94.4 cm³/mol. The molecule has 112 valence electrons. The molecule has 0 heterocycles. The molecule has 0 spiro atoms. The fraction of sp³-hybridized carbons (Fsp3) is 0.500. The summed E-state index contributed by atoms with van der Waals surface area (Å²) in [7, 11) is 0. The molecule has 0 aromatic heterocycles. The summed E-state index contributed by atoms with van der Waals surface area (Å²) < 4.78 is 7.80. The van der Waals surface area contributed by atoms with Gasteiger partial charge < -0.3 is 10.1 Å². The van der Waals surface area contributed by atoms with Crippen molar-refractivity contribution in [2.45, 2.75) is 33.6 Å². The number of halogens is 2. The Morgan fingerprint density at radius 1 is 1.25 bits per heavy atom. The average molecular weight is 405 g/mol. The van der Waals surface area contributed by atoms with Gasteiger partial charge in [-0.05, 0) is 54.4 Å². The molecule has 0 saturated heterocycles. The lowest BCUT2D eigenvalue weighted by Gasteiger charge is -2.12. The molecule has 20 heavy (non-hydrogen) atoms. The van der Waals surface area contributed by atoms with Crippen LogP contribution < -0.4 is 10.1 Å². The Morgan fingerprint density at radius 3 is 2.60 bits per heavy atom. The van der Waals surface area contributed by atoms with Crippen LogP contribution in [0.15, 0.2) is 26.7 Å². The molecular formula is C16H23Br2NO. The number of hydrogen-bond acceptors (Lipinski definition) is 2. The second kappa shape index (κ2) is 9.59. The van der Waals surface area contributed by atoms with Crippen LogP contribution in [0.4, 0.5) is 0 Å². The van der Waals surface area contributed by atoms with Crippen LogP contribution >= 0.6 is 31.9 Å². The number of rotatable bonds is 8. The van der Waals surface area contributed by atoms with Gasteiger partial charge in [0.1, 0.15) is 5.75 Å². The van der Waals surface area contributed by atoms with Gasteiger partial charge in [-0.25, -0.2) is 0 Å². The highest BCUT2D eigenvalue weighted by Crippen LogP contribution is 2.34. The molecule has 0 saturated carbocycles. The zero-order valence-corrected chi connectivity index (χ0v) is 15.6. The SMILES string of the molecule is CCCNCC(=Cc1cc(Br)cc(Br)c1OCC)CC. The van der Waals surface area contributed by atoms with E-state index in [1.54, 1.807) is 0 Å². The van der Waals surface area contributed by atoms with Crippen LogP contribution in [0.5, 0.6) is 5.75 Å². The Bertz CT molecular complexity index is 458. The van der Waals surface area contributed by atoms with Crippen LogP contribution in [-0.2, 0) is 0 Å². The first-order valence-corrected chi connectivity index (χ1v) is 8.72. The minimum atomic E-state index is 0.663. The maximum Gasteiger partial charge on any atom is 0.140 e. The molecule has 4 heteroatoms. The van der Waals surface area contributed by atoms with Gasteiger partial charge in [-0.15, -0.1) is 0 Å². The second-order valence-corrected chi connectivity index (χ2v) is 6.34. The van der Waals surface area contributed by atoms with Gasteiger partial charge in [-0.2, -0.15) is 0 Å². The summed E-state index contributed by atoms with van der Waals surface area (Å²) in [5.74, 6) is 0.914. The smallest absolute Gasteiger partial charge is 0.140 e. The van der Waals surface area contributed by atoms with E-state index in [0.717, 1.165) is 46.2 Å². The largest absolute Gasteiger partial charge is 0.492 e. The summed E-state index contributed by atoms with van der Waals surface area (Å²) in [6.45, 7) is 9.02. The van der Waals surface area contributed by atoms with Crippen molar-refractivity contribution in [3.63, 3.8) is 0 Å². The van der Waals surface area contributed by atoms with E-state index in [-0.39, 0.29) is 0 Å². The molecule has 1 N–H and O–H groups in total. The molecule has 1 aromatic rings. The van der Waals surface area contributed by atoms with Gasteiger partial charge in [0.2, 0.25) is 0 Å². The summed E-state index contributed by atoms with van der Waals surface area (Å²) in [5, 5.41) is 3.45. The summed E-state index contributed by atoms with van der Waals surface area (Å²) in [5.41, 5.74) is 2.49. The van der Waals surface area contributed by atoms with Crippen LogP contribution in [0.1, 0.15) is 39.2 Å². The lowest BCUT2D eigenvalue weighted by molar-refractivity contribution is 0.337. The van der Waals surface area contributed by atoms with E-state index in [2.05, 4.69) is 63.2 Å². The summed E-state index contributed by atoms with van der Waals surface area (Å²) >= 11 is 7.12. The van der Waals surface area contributed by atoms with Crippen molar-refractivity contribution >= 4 is 37.9 Å². The monoisotopic (exact) mass is 403 g/mol. The van der Waals surface area contributed by atoms with E-state index < -0.39 is 0 Å². The van der Waals surface area contributed by atoms with Crippen molar-refractivity contribution in [2.75, 3.05) is 19.7 Å². The third-order valence-corrected chi connectivity index (χ3v) is 3.97. The molecule has 0 aliphatic heterocycles. The molecule has 0 atom stereocenters. The number of nitrogens with one attached hydrogen (secondary N) is 1. The highest BCUT2D eigenvalue weighted by Gasteiger charge is 2.09. The van der Waals surface area contributed by atoms with Crippen molar-refractivity contribution in [2.24, 2.45) is 0 Å². The highest BCUT2D eigenvalue weighted by molar-refractivity contribution is 9.11. The summed E-state index contributed by atoms with van der Waals surface area (Å²) in [6, 6.07) is 4.12. The Morgan fingerprint density at radius 2 is 2.00 bits per heavy atom. The second-order valence-electron chi connectivity index (χ2n) is 4.57. The van der Waals surface area contributed by atoms with E-state index in [1.165, 1.54) is 5.57 Å². The molecule has 2 nitrogen and oxygen atoms in total. The van der Waals surface area contributed by atoms with E-state index in [4.69, 9.17) is 4.74 Å². The average Bonchev–Trinajstić information content (AvgIpc) is 2.41. The maximum atomic E-state index is 5.76. The maximum absolute atomic E-state index is 5.76. The standard InChI is InChI=1S/C16H23Br2NO/c1-4-7-19-11-12(5-2)8-13-9-14(17)10-15(18)16(13)20-6-3/h8-10,19H,4-7,11H2,1-3H3. The van der Waals surface area contributed by atoms with Gasteiger partial charge in [0.05, 0.1) is 11.1 Å². The topological polar surface area (TPSA) is 21.3 Å². The van der Waals surface area contributed by atoms with Crippen LogP contribution in [0.3, 0.4) is 0 Å². The first kappa shape index (κ1) is 17.7. The lowest BCUT2D eigenvalue weighted by Crippen LogP contribution is -2.17. The molecule has 0 radical (unpaired) electrons. The number of ether oxygens (including phenoxy) is 1. The molecule has 0 fully saturated rings. The zero-order chi connectivity index (χ0) is 15.0. The Labute approximate surface area is 139 Å². The van der Waals surface area contributed by atoms with Crippen molar-refractivity contribution < 1.29 is 4.74 Å². The molecule has 0 unspecified atom stereocenters. The van der Waals surface area contributed by atoms with Gasteiger partial charge >= 0.3 is 0 Å². The first-order valence-electron chi connectivity index (χ1n) is 7.14. The van der Waals surface area contributed by atoms with Gasteiger partial charge in [0, 0.05) is 16.6 Å². The normalized spacial score (nSPS) is 11.8. The Kier molecular flexibility index (Phi) is 8.50. The third-order valence-electron chi connectivity index (χ3n) is 2.92. The van der Waals surface area contributed by atoms with Crippen LogP contribution in [0.2, 0.25) is 0 Å². The van der Waals surface area contributed by atoms with Crippen molar-refractivity contribution in [1.82, 2.24) is 5.32 Å². The minimum Gasteiger partial charge on any atom is -0.492 e. The molecule has 1 aromatic carbocycles. The highest BCUT2D eigenvalue weighted by atomic mass is 79.9. The molecular weight excluding hydrogens is 382 g/mol. The fourth-order valence-electron chi connectivity index (χ4n) is 1.91. The van der Waals surface area contributed by atoms with Crippen molar-refractivity contribution in [3.8, 4) is 5.75 Å². The quantitative estimate of drug-likeness (QED) is 0.585. The molecule has 0 aliphatic carbocycles. The van der Waals surface area contributed by atoms with Crippen molar-refractivity contribution in [1.29, 1.82) is 0 Å². The third kappa shape index (κ3) is 5.58. The zero-order valence-electron chi connectivity index (χ0n) is 12.4. The van der Waals surface area contributed by atoms with E-state index >= 15 is 0 Å². The fourth-order valence-corrected chi connectivity index (χ4v) is 3.28. The van der Waals surface area contributed by atoms with Gasteiger partial charge in [-0.1, -0.05) is 41.4 Å². The molecule has 0 amide bonds. The van der Waals surface area contributed by atoms with E-state index in [9.17, 15) is 0 Å². The Hall–Kier alpha value is -0.320. The van der Waals surface area contributed by atoms with Crippen molar-refractivity contribution in [3.05, 3.63) is 32.2 Å². The summed E-state index contributed by atoms with van der Waals surface area (Å²) in [4.78, 5) is 0. The Balaban J connectivity index is 3.02.